The monoisotopic (exact) mass is 422 g/mol. The third-order valence-corrected chi connectivity index (χ3v) is 4.68. The van der Waals surface area contributed by atoms with E-state index in [1.807, 2.05) is 6.92 Å². The van der Waals surface area contributed by atoms with E-state index in [0.717, 1.165) is 6.07 Å². The molecule has 12 nitrogen and oxygen atoms in total. The van der Waals surface area contributed by atoms with Gasteiger partial charge in [0.05, 0.1) is 15.5 Å². The molecule has 154 valence electrons. The Hall–Kier alpha value is -3.45. The Kier molecular flexibility index (Phi) is 6.90. The summed E-state index contributed by atoms with van der Waals surface area (Å²) in [5.74, 6) is -0.378. The highest BCUT2D eigenvalue weighted by atomic mass is 32.1. The molecule has 1 amide bonds. The standard InChI is InChI=1S/C16H18N6O6S/c1-4-20(10(3)24)11-5-6-12(13(7-11)17-9(2)23)18-19-16-14(21(25)26)8-15(29-16)22(27)28/h5-8,10,24H,4H2,1-3H3,(H,17,23). The van der Waals surface area contributed by atoms with E-state index in [1.165, 1.54) is 13.0 Å². The first-order valence-electron chi connectivity index (χ1n) is 8.34. The van der Waals surface area contributed by atoms with Gasteiger partial charge < -0.3 is 15.3 Å². The fraction of sp³-hybridized carbons (Fsp3) is 0.312. The third-order valence-electron chi connectivity index (χ3n) is 3.72. The fourth-order valence-corrected chi connectivity index (χ4v) is 3.26. The molecule has 1 aromatic heterocycles. The highest BCUT2D eigenvalue weighted by Gasteiger charge is 2.25. The van der Waals surface area contributed by atoms with Crippen LogP contribution in [0.1, 0.15) is 20.8 Å². The molecule has 0 saturated carbocycles. The van der Waals surface area contributed by atoms with E-state index < -0.39 is 26.8 Å². The smallest absolute Gasteiger partial charge is 0.333 e. The molecule has 0 saturated heterocycles. The van der Waals surface area contributed by atoms with Gasteiger partial charge in [0, 0.05) is 19.2 Å². The number of hydrogen-bond acceptors (Lipinski definition) is 10. The molecular formula is C16H18N6O6S. The number of hydrogen-bond donors (Lipinski definition) is 2. The van der Waals surface area contributed by atoms with Gasteiger partial charge in [0.1, 0.15) is 18.0 Å². The van der Waals surface area contributed by atoms with Crippen LogP contribution in [0.2, 0.25) is 0 Å². The van der Waals surface area contributed by atoms with Crippen LogP contribution in [0.25, 0.3) is 0 Å². The van der Waals surface area contributed by atoms with Gasteiger partial charge in [-0.1, -0.05) is 0 Å². The summed E-state index contributed by atoms with van der Waals surface area (Å²) < 4.78 is 0. The molecule has 0 spiro atoms. The summed E-state index contributed by atoms with van der Waals surface area (Å²) in [6, 6.07) is 5.56. The number of nitrogens with one attached hydrogen (secondary N) is 1. The van der Waals surface area contributed by atoms with Gasteiger partial charge >= 0.3 is 10.7 Å². The minimum atomic E-state index is -0.780. The maximum absolute atomic E-state index is 11.5. The van der Waals surface area contributed by atoms with Gasteiger partial charge in [-0.25, -0.2) is 0 Å². The number of thiophene rings is 1. The summed E-state index contributed by atoms with van der Waals surface area (Å²) in [7, 11) is 0. The van der Waals surface area contributed by atoms with Crippen molar-refractivity contribution in [3.8, 4) is 0 Å². The van der Waals surface area contributed by atoms with E-state index in [1.54, 1.807) is 24.0 Å². The number of rotatable bonds is 8. The largest absolute Gasteiger partial charge is 0.374 e. The number of azo groups is 1. The van der Waals surface area contributed by atoms with Crippen LogP contribution in [0, 0.1) is 20.2 Å². The van der Waals surface area contributed by atoms with Crippen molar-refractivity contribution >= 4 is 50.0 Å². The fourth-order valence-electron chi connectivity index (χ4n) is 2.49. The Balaban J connectivity index is 2.47. The molecule has 1 heterocycles. The summed E-state index contributed by atoms with van der Waals surface area (Å²) in [6.45, 7) is 5.25. The normalized spacial score (nSPS) is 12.0. The van der Waals surface area contributed by atoms with Crippen molar-refractivity contribution in [2.45, 2.75) is 27.0 Å². The van der Waals surface area contributed by atoms with Crippen molar-refractivity contribution < 1.29 is 19.7 Å². The number of aliphatic hydroxyl groups excluding tert-OH is 1. The zero-order chi connectivity index (χ0) is 21.7. The quantitative estimate of drug-likeness (QED) is 0.280. The number of aliphatic hydroxyl groups is 1. The van der Waals surface area contributed by atoms with Crippen LogP contribution >= 0.6 is 11.3 Å². The molecule has 1 atom stereocenters. The molecule has 2 rings (SSSR count). The second-order valence-corrected chi connectivity index (χ2v) is 6.80. The zero-order valence-electron chi connectivity index (χ0n) is 15.7. The molecule has 0 bridgehead atoms. The summed E-state index contributed by atoms with van der Waals surface area (Å²) in [5.41, 5.74) is 0.542. The SMILES string of the molecule is CCN(c1ccc(N=Nc2sc([N+](=O)[O-])cc2[N+](=O)[O-])c(NC(C)=O)c1)C(C)O. The van der Waals surface area contributed by atoms with Gasteiger partial charge in [0.15, 0.2) is 0 Å². The molecule has 0 radical (unpaired) electrons. The van der Waals surface area contributed by atoms with Crippen molar-refractivity contribution in [1.82, 2.24) is 0 Å². The minimum absolute atomic E-state index is 0.191. The van der Waals surface area contributed by atoms with E-state index in [0.29, 0.717) is 23.6 Å². The van der Waals surface area contributed by atoms with Gasteiger partial charge in [-0.2, -0.15) is 0 Å². The zero-order valence-corrected chi connectivity index (χ0v) is 16.5. The highest BCUT2D eigenvalue weighted by Crippen LogP contribution is 2.42. The second kappa shape index (κ2) is 9.16. The third kappa shape index (κ3) is 5.30. The summed E-state index contributed by atoms with van der Waals surface area (Å²) in [5, 5.41) is 41.5. The number of carbonyl (C=O) groups is 1. The predicted molar refractivity (Wildman–Crippen MR) is 107 cm³/mol. The minimum Gasteiger partial charge on any atom is -0.374 e. The Labute approximate surface area is 168 Å². The Morgan fingerprint density at radius 1 is 1.28 bits per heavy atom. The summed E-state index contributed by atoms with van der Waals surface area (Å²) >= 11 is 0.521. The number of anilines is 2. The number of benzene rings is 1. The van der Waals surface area contributed by atoms with Crippen LogP contribution in [0.15, 0.2) is 34.5 Å². The first-order chi connectivity index (χ1) is 13.6. The van der Waals surface area contributed by atoms with Crippen LogP contribution in [-0.2, 0) is 4.79 Å². The van der Waals surface area contributed by atoms with Crippen LogP contribution < -0.4 is 10.2 Å². The Morgan fingerprint density at radius 2 is 1.97 bits per heavy atom. The number of nitrogens with zero attached hydrogens (tertiary/aromatic N) is 5. The van der Waals surface area contributed by atoms with Crippen molar-refractivity contribution in [1.29, 1.82) is 0 Å². The van der Waals surface area contributed by atoms with Crippen molar-refractivity contribution in [3.05, 3.63) is 44.5 Å². The maximum Gasteiger partial charge on any atom is 0.333 e. The molecule has 1 unspecified atom stereocenters. The summed E-state index contributed by atoms with van der Waals surface area (Å²) in [6.07, 6.45) is -0.771. The predicted octanol–water partition coefficient (Wildman–Crippen LogP) is 4.10. The topological polar surface area (TPSA) is 164 Å². The molecule has 0 aliphatic carbocycles. The Morgan fingerprint density at radius 3 is 2.48 bits per heavy atom. The van der Waals surface area contributed by atoms with E-state index >= 15 is 0 Å². The van der Waals surface area contributed by atoms with Gasteiger partial charge in [0.2, 0.25) is 10.9 Å². The van der Waals surface area contributed by atoms with Gasteiger partial charge in [-0.05, 0) is 43.4 Å². The number of amides is 1. The van der Waals surface area contributed by atoms with Crippen molar-refractivity contribution in [3.63, 3.8) is 0 Å². The highest BCUT2D eigenvalue weighted by molar-refractivity contribution is 7.19. The average Bonchev–Trinajstić information content (AvgIpc) is 3.05. The van der Waals surface area contributed by atoms with E-state index in [2.05, 4.69) is 15.5 Å². The molecule has 0 aliphatic heterocycles. The first-order valence-corrected chi connectivity index (χ1v) is 9.16. The van der Waals surface area contributed by atoms with Crippen LogP contribution in [0.3, 0.4) is 0 Å². The van der Waals surface area contributed by atoms with E-state index in [9.17, 15) is 30.1 Å². The van der Waals surface area contributed by atoms with Crippen LogP contribution in [-0.4, -0.2) is 33.6 Å². The second-order valence-electron chi connectivity index (χ2n) is 5.79. The lowest BCUT2D eigenvalue weighted by Gasteiger charge is -2.26. The van der Waals surface area contributed by atoms with Crippen molar-refractivity contribution in [2.24, 2.45) is 10.2 Å². The van der Waals surface area contributed by atoms with Gasteiger partial charge in [0.25, 0.3) is 0 Å². The lowest BCUT2D eigenvalue weighted by atomic mass is 10.2. The molecule has 0 aliphatic rings. The van der Waals surface area contributed by atoms with Gasteiger partial charge in [-0.15, -0.1) is 10.2 Å². The van der Waals surface area contributed by atoms with E-state index in [-0.39, 0.29) is 22.3 Å². The molecule has 0 fully saturated rings. The average molecular weight is 422 g/mol. The lowest BCUT2D eigenvalue weighted by Crippen LogP contribution is -2.32. The lowest BCUT2D eigenvalue weighted by molar-refractivity contribution is -0.389. The first kappa shape index (κ1) is 21.8. The Bertz CT molecular complexity index is 973. The summed E-state index contributed by atoms with van der Waals surface area (Å²) in [4.78, 5) is 33.6. The van der Waals surface area contributed by atoms with Crippen LogP contribution in [0.4, 0.5) is 32.8 Å². The van der Waals surface area contributed by atoms with Gasteiger partial charge in [-0.3, -0.25) is 25.0 Å². The van der Waals surface area contributed by atoms with E-state index in [4.69, 9.17) is 0 Å². The number of nitro groups is 2. The number of carbonyl (C=O) groups excluding carboxylic acids is 1. The maximum atomic E-state index is 11.5. The molecule has 13 heteroatoms. The van der Waals surface area contributed by atoms with Crippen LogP contribution in [0.5, 0.6) is 0 Å². The molecule has 1 aromatic carbocycles. The molecular weight excluding hydrogens is 404 g/mol. The molecule has 2 N–H and O–H groups in total. The molecule has 29 heavy (non-hydrogen) atoms. The molecule has 2 aromatic rings. The van der Waals surface area contributed by atoms with Crippen molar-refractivity contribution in [2.75, 3.05) is 16.8 Å².